The van der Waals surface area contributed by atoms with Crippen molar-refractivity contribution in [3.63, 3.8) is 0 Å². The quantitative estimate of drug-likeness (QED) is 0.788. The molecule has 2 aromatic rings. The van der Waals surface area contributed by atoms with E-state index in [0.29, 0.717) is 10.9 Å². The number of rotatable bonds is 5. The third-order valence-corrected chi connectivity index (χ3v) is 7.41. The van der Waals surface area contributed by atoms with Gasteiger partial charge >= 0.3 is 6.01 Å². The minimum Gasteiger partial charge on any atom is -0.459 e. The zero-order chi connectivity index (χ0) is 17.2. The summed E-state index contributed by atoms with van der Waals surface area (Å²) in [5.74, 6) is 0. The van der Waals surface area contributed by atoms with Crippen LogP contribution in [0.4, 0.5) is 0 Å². The Morgan fingerprint density at radius 3 is 2.75 bits per heavy atom. The fourth-order valence-corrected chi connectivity index (χ4v) is 5.67. The second-order valence-corrected chi connectivity index (χ2v) is 9.41. The molecule has 0 radical (unpaired) electrons. The summed E-state index contributed by atoms with van der Waals surface area (Å²) >= 11 is 6.93. The monoisotopic (exact) mass is 387 g/mol. The van der Waals surface area contributed by atoms with Gasteiger partial charge in [0, 0.05) is 18.9 Å². The van der Waals surface area contributed by atoms with E-state index in [9.17, 15) is 8.42 Å². The Kier molecular flexibility index (Phi) is 5.39. The van der Waals surface area contributed by atoms with Crippen molar-refractivity contribution in [1.82, 2.24) is 14.3 Å². The molecule has 0 N–H and O–H groups in total. The van der Waals surface area contributed by atoms with Gasteiger partial charge in [0.05, 0.1) is 10.9 Å². The maximum Gasteiger partial charge on any atom is 0.316 e. The van der Waals surface area contributed by atoms with Crippen molar-refractivity contribution in [3.8, 4) is 6.01 Å². The molecule has 130 valence electrons. The highest BCUT2D eigenvalue weighted by Gasteiger charge is 2.32. The molecule has 9 heteroatoms. The highest BCUT2D eigenvalue weighted by Crippen LogP contribution is 2.30. The molecule has 1 atom stereocenters. The van der Waals surface area contributed by atoms with Crippen molar-refractivity contribution < 1.29 is 13.2 Å². The first kappa shape index (κ1) is 17.6. The van der Waals surface area contributed by atoms with Crippen molar-refractivity contribution >= 4 is 33.0 Å². The lowest BCUT2D eigenvalue weighted by Crippen LogP contribution is -2.44. The van der Waals surface area contributed by atoms with Crippen LogP contribution in [0.25, 0.3) is 0 Å². The first-order valence-electron chi connectivity index (χ1n) is 7.72. The number of aryl methyl sites for hydroxylation is 1. The molecule has 3 heterocycles. The number of sulfonamides is 1. The lowest BCUT2D eigenvalue weighted by Gasteiger charge is -2.31. The predicted molar refractivity (Wildman–Crippen MR) is 93.1 cm³/mol. The van der Waals surface area contributed by atoms with Crippen LogP contribution in [-0.4, -0.2) is 41.9 Å². The summed E-state index contributed by atoms with van der Waals surface area (Å²) in [5, 5.41) is 0. The Hall–Kier alpha value is -1.22. The molecule has 0 bridgehead atoms. The molecule has 0 aliphatic carbocycles. The Morgan fingerprint density at radius 2 is 2.12 bits per heavy atom. The molecule has 1 aliphatic heterocycles. The van der Waals surface area contributed by atoms with Crippen LogP contribution in [0.2, 0.25) is 4.34 Å². The highest BCUT2D eigenvalue weighted by molar-refractivity contribution is 7.91. The normalized spacial score (nSPS) is 19.3. The Balaban J connectivity index is 1.69. The first-order chi connectivity index (χ1) is 11.5. The van der Waals surface area contributed by atoms with E-state index in [1.807, 2.05) is 6.92 Å². The van der Waals surface area contributed by atoms with Crippen LogP contribution in [0.1, 0.15) is 25.3 Å². The number of aromatic nitrogens is 2. The van der Waals surface area contributed by atoms with E-state index in [1.165, 1.54) is 4.31 Å². The molecule has 6 nitrogen and oxygen atoms in total. The molecule has 0 aromatic carbocycles. The van der Waals surface area contributed by atoms with Crippen molar-refractivity contribution in [2.75, 3.05) is 13.1 Å². The van der Waals surface area contributed by atoms with Gasteiger partial charge in [-0.05, 0) is 37.0 Å². The van der Waals surface area contributed by atoms with E-state index in [4.69, 9.17) is 16.3 Å². The second-order valence-electron chi connectivity index (χ2n) is 5.53. The van der Waals surface area contributed by atoms with Crippen LogP contribution in [-0.2, 0) is 16.4 Å². The van der Waals surface area contributed by atoms with Gasteiger partial charge in [-0.25, -0.2) is 18.4 Å². The molecular formula is C15H18ClN3O3S2. The Labute approximate surface area is 150 Å². The van der Waals surface area contributed by atoms with Crippen LogP contribution in [0.5, 0.6) is 6.01 Å². The van der Waals surface area contributed by atoms with Gasteiger partial charge in [0.25, 0.3) is 10.0 Å². The van der Waals surface area contributed by atoms with Crippen molar-refractivity contribution in [3.05, 3.63) is 34.4 Å². The highest BCUT2D eigenvalue weighted by atomic mass is 35.5. The lowest BCUT2D eigenvalue weighted by atomic mass is 10.1. The number of thiophene rings is 1. The summed E-state index contributed by atoms with van der Waals surface area (Å²) in [6, 6.07) is 3.43. The summed E-state index contributed by atoms with van der Waals surface area (Å²) in [6.45, 7) is 2.80. The van der Waals surface area contributed by atoms with Crippen molar-refractivity contribution in [2.24, 2.45) is 0 Å². The van der Waals surface area contributed by atoms with E-state index in [2.05, 4.69) is 9.97 Å². The molecule has 0 spiro atoms. The summed E-state index contributed by atoms with van der Waals surface area (Å²) in [6.07, 6.45) is 5.57. The van der Waals surface area contributed by atoms with Gasteiger partial charge in [-0.15, -0.1) is 11.3 Å². The van der Waals surface area contributed by atoms with Gasteiger partial charge in [-0.2, -0.15) is 4.31 Å². The van der Waals surface area contributed by atoms with E-state index < -0.39 is 10.0 Å². The largest absolute Gasteiger partial charge is 0.459 e. The number of hydrogen-bond acceptors (Lipinski definition) is 6. The van der Waals surface area contributed by atoms with Crippen LogP contribution >= 0.6 is 22.9 Å². The smallest absolute Gasteiger partial charge is 0.316 e. The van der Waals surface area contributed by atoms with Gasteiger partial charge in [0.1, 0.15) is 10.3 Å². The van der Waals surface area contributed by atoms with Gasteiger partial charge in [0.15, 0.2) is 0 Å². The fraction of sp³-hybridized carbons (Fsp3) is 0.467. The van der Waals surface area contributed by atoms with Crippen LogP contribution < -0.4 is 4.74 Å². The molecule has 3 rings (SSSR count). The van der Waals surface area contributed by atoms with Gasteiger partial charge in [-0.3, -0.25) is 0 Å². The molecule has 1 fully saturated rings. The molecule has 0 amide bonds. The standard InChI is InChI=1S/C15H18ClN3O3S2/c1-2-11-8-17-15(18-9-11)22-12-4-3-7-19(10-12)24(20,21)14-6-5-13(16)23-14/h5-6,8-9,12H,2-4,7,10H2,1H3. The van der Waals surface area contributed by atoms with E-state index >= 15 is 0 Å². The molecular weight excluding hydrogens is 370 g/mol. The minimum atomic E-state index is -3.53. The predicted octanol–water partition coefficient (Wildman–Crippen LogP) is 2.99. The van der Waals surface area contributed by atoms with Crippen molar-refractivity contribution in [2.45, 2.75) is 36.5 Å². The first-order valence-corrected chi connectivity index (χ1v) is 10.4. The zero-order valence-electron chi connectivity index (χ0n) is 13.2. The van der Waals surface area contributed by atoms with Gasteiger partial charge < -0.3 is 4.74 Å². The van der Waals surface area contributed by atoms with Crippen molar-refractivity contribution in [1.29, 1.82) is 0 Å². The minimum absolute atomic E-state index is 0.253. The van der Waals surface area contributed by atoms with E-state index in [-0.39, 0.29) is 22.9 Å². The van der Waals surface area contributed by atoms with Crippen LogP contribution in [0.3, 0.4) is 0 Å². The third kappa shape index (κ3) is 3.88. The number of piperidine rings is 1. The molecule has 2 aromatic heterocycles. The second kappa shape index (κ2) is 7.35. The molecule has 0 saturated carbocycles. The summed E-state index contributed by atoms with van der Waals surface area (Å²) in [5.41, 5.74) is 1.03. The average molecular weight is 388 g/mol. The van der Waals surface area contributed by atoms with Gasteiger partial charge in [0.2, 0.25) is 0 Å². The number of hydrogen-bond donors (Lipinski definition) is 0. The Bertz CT molecular complexity index is 793. The third-order valence-electron chi connectivity index (χ3n) is 3.85. The molecule has 1 unspecified atom stereocenters. The number of nitrogens with zero attached hydrogens (tertiary/aromatic N) is 3. The summed E-state index contributed by atoms with van der Waals surface area (Å²) in [4.78, 5) is 8.35. The van der Waals surface area contributed by atoms with E-state index in [0.717, 1.165) is 36.2 Å². The molecule has 1 saturated heterocycles. The summed E-state index contributed by atoms with van der Waals surface area (Å²) < 4.78 is 33.3. The van der Waals surface area contributed by atoms with Crippen LogP contribution in [0, 0.1) is 0 Å². The van der Waals surface area contributed by atoms with Crippen LogP contribution in [0.15, 0.2) is 28.7 Å². The topological polar surface area (TPSA) is 72.4 Å². The van der Waals surface area contributed by atoms with Gasteiger partial charge in [-0.1, -0.05) is 18.5 Å². The number of ether oxygens (including phenoxy) is 1. The Morgan fingerprint density at radius 1 is 1.38 bits per heavy atom. The summed E-state index contributed by atoms with van der Waals surface area (Å²) in [7, 11) is -3.53. The van der Waals surface area contributed by atoms with E-state index in [1.54, 1.807) is 24.5 Å². The zero-order valence-corrected chi connectivity index (χ0v) is 15.6. The molecule has 24 heavy (non-hydrogen) atoms. The lowest BCUT2D eigenvalue weighted by molar-refractivity contribution is 0.119. The maximum atomic E-state index is 12.7. The fourth-order valence-electron chi connectivity index (χ4n) is 2.52. The molecule has 1 aliphatic rings. The maximum absolute atomic E-state index is 12.7. The SMILES string of the molecule is CCc1cnc(OC2CCCN(S(=O)(=O)c3ccc(Cl)s3)C2)nc1. The number of halogens is 1. The average Bonchev–Trinajstić information content (AvgIpc) is 3.03.